The smallest absolute Gasteiger partial charge is 0.103 e. The molecule has 1 N–H and O–H groups in total. The Kier molecular flexibility index (Phi) is 4.39. The minimum Gasteiger partial charge on any atom is -0.389 e. The second kappa shape index (κ2) is 5.39. The van der Waals surface area contributed by atoms with Crippen molar-refractivity contribution in [3.63, 3.8) is 0 Å². The van der Waals surface area contributed by atoms with Crippen molar-refractivity contribution in [2.24, 2.45) is 0 Å². The molecule has 17 heavy (non-hydrogen) atoms. The summed E-state index contributed by atoms with van der Waals surface area (Å²) in [5.74, 6) is 0. The Bertz CT molecular complexity index is 432. The molecule has 0 atom stereocenters. The lowest BCUT2D eigenvalue weighted by molar-refractivity contribution is 0.0876. The molecule has 4 heteroatoms. The number of hydrogen-bond acceptors (Lipinski definition) is 3. The summed E-state index contributed by atoms with van der Waals surface area (Å²) in [7, 11) is 0. The van der Waals surface area contributed by atoms with Crippen LogP contribution in [0.1, 0.15) is 26.3 Å². The van der Waals surface area contributed by atoms with Gasteiger partial charge in [0.1, 0.15) is 6.07 Å². The van der Waals surface area contributed by atoms with Crippen LogP contribution in [0.5, 0.6) is 0 Å². The summed E-state index contributed by atoms with van der Waals surface area (Å²) >= 11 is 5.99. The highest BCUT2D eigenvalue weighted by atomic mass is 35.5. The maximum Gasteiger partial charge on any atom is 0.103 e. The van der Waals surface area contributed by atoms with Crippen molar-refractivity contribution in [2.75, 3.05) is 18.0 Å². The van der Waals surface area contributed by atoms with Crippen LogP contribution in [0.15, 0.2) is 18.2 Å². The monoisotopic (exact) mass is 252 g/mol. The van der Waals surface area contributed by atoms with Gasteiger partial charge in [0.15, 0.2) is 0 Å². The number of anilines is 1. The zero-order valence-corrected chi connectivity index (χ0v) is 11.1. The first kappa shape index (κ1) is 13.8. The number of benzene rings is 1. The first-order chi connectivity index (χ1) is 7.89. The number of aliphatic hydroxyl groups is 1. The van der Waals surface area contributed by atoms with E-state index in [0.29, 0.717) is 23.7 Å². The third-order valence-corrected chi connectivity index (χ3v) is 2.72. The highest BCUT2D eigenvalue weighted by Gasteiger charge is 2.20. The number of likely N-dealkylation sites (N-methyl/N-ethyl adjacent to an activating group) is 1. The van der Waals surface area contributed by atoms with E-state index in [2.05, 4.69) is 6.07 Å². The highest BCUT2D eigenvalue weighted by Crippen LogP contribution is 2.27. The molecule has 0 amide bonds. The Morgan fingerprint density at radius 3 is 2.59 bits per heavy atom. The molecule has 0 aliphatic heterocycles. The standard InChI is InChI=1S/C13H17ClN2O/c1-4-16(9-13(2,3)17)12-7-5-6-11(14)10(12)8-15/h5-7,17H,4,9H2,1-3H3. The second-order valence-corrected chi connectivity index (χ2v) is 4.98. The molecule has 0 spiro atoms. The van der Waals surface area contributed by atoms with Gasteiger partial charge in [-0.25, -0.2) is 0 Å². The average Bonchev–Trinajstić information content (AvgIpc) is 2.24. The van der Waals surface area contributed by atoms with Crippen LogP contribution in [0.3, 0.4) is 0 Å². The molecule has 0 heterocycles. The van der Waals surface area contributed by atoms with E-state index < -0.39 is 5.60 Å². The Balaban J connectivity index is 3.13. The van der Waals surface area contributed by atoms with Gasteiger partial charge < -0.3 is 10.0 Å². The van der Waals surface area contributed by atoms with Crippen LogP contribution in [0.4, 0.5) is 5.69 Å². The van der Waals surface area contributed by atoms with E-state index >= 15 is 0 Å². The van der Waals surface area contributed by atoms with Crippen LogP contribution < -0.4 is 4.90 Å². The van der Waals surface area contributed by atoms with Gasteiger partial charge in [0.05, 0.1) is 21.9 Å². The number of hydrogen-bond donors (Lipinski definition) is 1. The van der Waals surface area contributed by atoms with E-state index in [9.17, 15) is 5.11 Å². The second-order valence-electron chi connectivity index (χ2n) is 4.57. The van der Waals surface area contributed by atoms with Gasteiger partial charge in [-0.1, -0.05) is 17.7 Å². The zero-order valence-electron chi connectivity index (χ0n) is 10.4. The van der Waals surface area contributed by atoms with Crippen LogP contribution in [-0.2, 0) is 0 Å². The lowest BCUT2D eigenvalue weighted by Crippen LogP contribution is -2.39. The molecule has 0 aliphatic carbocycles. The first-order valence-corrected chi connectivity index (χ1v) is 5.92. The van der Waals surface area contributed by atoms with E-state index in [0.717, 1.165) is 5.69 Å². The van der Waals surface area contributed by atoms with Crippen LogP contribution in [0, 0.1) is 11.3 Å². The van der Waals surface area contributed by atoms with Gasteiger partial charge in [0.25, 0.3) is 0 Å². The fraction of sp³-hybridized carbons (Fsp3) is 0.462. The average molecular weight is 253 g/mol. The SMILES string of the molecule is CCN(CC(C)(C)O)c1cccc(Cl)c1C#N. The van der Waals surface area contributed by atoms with Crippen LogP contribution >= 0.6 is 11.6 Å². The van der Waals surface area contributed by atoms with E-state index in [1.807, 2.05) is 24.0 Å². The first-order valence-electron chi connectivity index (χ1n) is 5.55. The molecule has 3 nitrogen and oxygen atoms in total. The summed E-state index contributed by atoms with van der Waals surface area (Å²) in [6, 6.07) is 7.46. The third kappa shape index (κ3) is 3.62. The normalized spacial score (nSPS) is 11.1. The number of nitrogens with zero attached hydrogens (tertiary/aromatic N) is 2. The fourth-order valence-corrected chi connectivity index (χ4v) is 1.93. The fourth-order valence-electron chi connectivity index (χ4n) is 1.72. The lowest BCUT2D eigenvalue weighted by atomic mass is 10.1. The molecule has 1 rings (SSSR count). The highest BCUT2D eigenvalue weighted by molar-refractivity contribution is 6.32. The molecular formula is C13H17ClN2O. The lowest BCUT2D eigenvalue weighted by Gasteiger charge is -2.30. The molecule has 0 saturated heterocycles. The van der Waals surface area contributed by atoms with Crippen molar-refractivity contribution in [3.05, 3.63) is 28.8 Å². The van der Waals surface area contributed by atoms with Crippen LogP contribution in [-0.4, -0.2) is 23.8 Å². The molecule has 0 aliphatic rings. The largest absolute Gasteiger partial charge is 0.389 e. The quantitative estimate of drug-likeness (QED) is 0.896. The van der Waals surface area contributed by atoms with Crippen molar-refractivity contribution in [2.45, 2.75) is 26.4 Å². The Morgan fingerprint density at radius 2 is 2.12 bits per heavy atom. The molecule has 0 saturated carbocycles. The predicted octanol–water partition coefficient (Wildman–Crippen LogP) is 2.81. The van der Waals surface area contributed by atoms with Gasteiger partial charge in [0, 0.05) is 13.1 Å². The predicted molar refractivity (Wildman–Crippen MR) is 70.4 cm³/mol. The molecular weight excluding hydrogens is 236 g/mol. The third-order valence-electron chi connectivity index (χ3n) is 2.40. The van der Waals surface area contributed by atoms with Crippen LogP contribution in [0.2, 0.25) is 5.02 Å². The van der Waals surface area contributed by atoms with Crippen molar-refractivity contribution in [3.8, 4) is 6.07 Å². The number of halogens is 1. The molecule has 1 aromatic carbocycles. The summed E-state index contributed by atoms with van der Waals surface area (Å²) in [5.41, 5.74) is 0.412. The van der Waals surface area contributed by atoms with Gasteiger partial charge in [-0.3, -0.25) is 0 Å². The van der Waals surface area contributed by atoms with Crippen molar-refractivity contribution in [1.82, 2.24) is 0 Å². The molecule has 92 valence electrons. The zero-order chi connectivity index (χ0) is 13.1. The van der Waals surface area contributed by atoms with Gasteiger partial charge >= 0.3 is 0 Å². The van der Waals surface area contributed by atoms with Crippen molar-refractivity contribution < 1.29 is 5.11 Å². The van der Waals surface area contributed by atoms with Crippen molar-refractivity contribution in [1.29, 1.82) is 5.26 Å². The van der Waals surface area contributed by atoms with E-state index in [1.54, 1.807) is 19.9 Å². The minimum atomic E-state index is -0.814. The molecule has 0 bridgehead atoms. The maximum atomic E-state index is 9.86. The number of rotatable bonds is 4. The summed E-state index contributed by atoms with van der Waals surface area (Å²) in [5, 5.41) is 19.4. The Labute approximate surface area is 107 Å². The van der Waals surface area contributed by atoms with Crippen molar-refractivity contribution >= 4 is 17.3 Å². The molecule has 1 aromatic rings. The number of nitriles is 1. The molecule has 0 radical (unpaired) electrons. The van der Waals surface area contributed by atoms with E-state index in [-0.39, 0.29) is 0 Å². The summed E-state index contributed by atoms with van der Waals surface area (Å²) < 4.78 is 0. The van der Waals surface area contributed by atoms with Crippen LogP contribution in [0.25, 0.3) is 0 Å². The molecule has 0 fully saturated rings. The minimum absolute atomic E-state index is 0.444. The summed E-state index contributed by atoms with van der Waals surface area (Å²) in [6.45, 7) is 6.63. The summed E-state index contributed by atoms with van der Waals surface area (Å²) in [6.07, 6.45) is 0. The topological polar surface area (TPSA) is 47.3 Å². The molecule has 0 aromatic heterocycles. The van der Waals surface area contributed by atoms with E-state index in [1.165, 1.54) is 0 Å². The summed E-state index contributed by atoms with van der Waals surface area (Å²) in [4.78, 5) is 1.95. The van der Waals surface area contributed by atoms with Gasteiger partial charge in [-0.05, 0) is 32.9 Å². The van der Waals surface area contributed by atoms with E-state index in [4.69, 9.17) is 16.9 Å². The maximum absolute atomic E-state index is 9.86. The Hall–Kier alpha value is -1.24. The van der Waals surface area contributed by atoms with Gasteiger partial charge in [-0.2, -0.15) is 5.26 Å². The van der Waals surface area contributed by atoms with Gasteiger partial charge in [0.2, 0.25) is 0 Å². The Morgan fingerprint density at radius 1 is 1.47 bits per heavy atom. The van der Waals surface area contributed by atoms with Gasteiger partial charge in [-0.15, -0.1) is 0 Å². The molecule has 0 unspecified atom stereocenters.